The highest BCUT2D eigenvalue weighted by atomic mass is 16.5. The molecule has 4 nitrogen and oxygen atoms in total. The summed E-state index contributed by atoms with van der Waals surface area (Å²) >= 11 is 0. The molecule has 3 rings (SSSR count). The Bertz CT molecular complexity index is 606. The molecular weight excluding hydrogens is 300 g/mol. The van der Waals surface area contributed by atoms with Gasteiger partial charge in [-0.3, -0.25) is 0 Å². The average Bonchev–Trinajstić information content (AvgIpc) is 2.97. The molecule has 0 aliphatic carbocycles. The molecule has 132 valence electrons. The molecule has 1 aromatic carbocycles. The second-order valence-corrected chi connectivity index (χ2v) is 7.57. The van der Waals surface area contributed by atoms with Crippen LogP contribution in [-0.4, -0.2) is 44.1 Å². The van der Waals surface area contributed by atoms with Crippen molar-refractivity contribution in [2.75, 3.05) is 33.2 Å². The minimum atomic E-state index is -0.175. The van der Waals surface area contributed by atoms with Gasteiger partial charge in [-0.05, 0) is 68.8 Å². The lowest BCUT2D eigenvalue weighted by atomic mass is 9.78. The van der Waals surface area contributed by atoms with Gasteiger partial charge in [0, 0.05) is 25.2 Å². The maximum absolute atomic E-state index is 11.6. The third-order valence-electron chi connectivity index (χ3n) is 5.96. The molecule has 0 amide bonds. The zero-order valence-corrected chi connectivity index (χ0v) is 15.3. The van der Waals surface area contributed by atoms with Crippen LogP contribution in [0.25, 0.3) is 0 Å². The Morgan fingerprint density at radius 1 is 1.38 bits per heavy atom. The summed E-state index contributed by atoms with van der Waals surface area (Å²) in [5, 5.41) is 3.57. The smallest absolute Gasteiger partial charge is 0.338 e. The average molecular weight is 330 g/mol. The van der Waals surface area contributed by atoms with E-state index in [2.05, 4.69) is 37.2 Å². The number of esters is 1. The van der Waals surface area contributed by atoms with Crippen molar-refractivity contribution in [2.45, 2.75) is 46.1 Å². The predicted octanol–water partition coefficient (Wildman–Crippen LogP) is 2.92. The number of likely N-dealkylation sites (N-methyl/N-ethyl adjacent to an activating group) is 1. The van der Waals surface area contributed by atoms with E-state index in [0.29, 0.717) is 12.0 Å². The minimum Gasteiger partial charge on any atom is -0.457 e. The molecule has 1 fully saturated rings. The summed E-state index contributed by atoms with van der Waals surface area (Å²) in [5.41, 5.74) is 4.84. The van der Waals surface area contributed by atoms with Crippen LogP contribution >= 0.6 is 0 Å². The van der Waals surface area contributed by atoms with Gasteiger partial charge < -0.3 is 15.0 Å². The van der Waals surface area contributed by atoms with E-state index in [4.69, 9.17) is 4.74 Å². The van der Waals surface area contributed by atoms with Gasteiger partial charge in [0.1, 0.15) is 6.61 Å². The van der Waals surface area contributed by atoms with Crippen molar-refractivity contribution in [3.05, 3.63) is 34.4 Å². The maximum Gasteiger partial charge on any atom is 0.338 e. The van der Waals surface area contributed by atoms with E-state index in [-0.39, 0.29) is 5.97 Å². The number of nitrogens with zero attached hydrogens (tertiary/aromatic N) is 1. The number of carbonyl (C=O) groups is 1. The number of hydrogen-bond donors (Lipinski definition) is 1. The van der Waals surface area contributed by atoms with Crippen molar-refractivity contribution >= 4 is 5.97 Å². The maximum atomic E-state index is 11.6. The fourth-order valence-electron chi connectivity index (χ4n) is 4.21. The lowest BCUT2D eigenvalue weighted by Gasteiger charge is -2.40. The van der Waals surface area contributed by atoms with Crippen LogP contribution in [0, 0.1) is 12.3 Å². The molecule has 2 aliphatic rings. The summed E-state index contributed by atoms with van der Waals surface area (Å²) < 4.78 is 5.16. The molecule has 1 saturated heterocycles. The number of ether oxygens (including phenoxy) is 1. The van der Waals surface area contributed by atoms with Gasteiger partial charge in [-0.15, -0.1) is 0 Å². The molecule has 1 aromatic rings. The van der Waals surface area contributed by atoms with Gasteiger partial charge >= 0.3 is 5.97 Å². The summed E-state index contributed by atoms with van der Waals surface area (Å²) in [7, 11) is 2.24. The number of piperidine rings is 1. The highest BCUT2D eigenvalue weighted by molar-refractivity contribution is 5.93. The molecule has 1 unspecified atom stereocenters. The topological polar surface area (TPSA) is 41.6 Å². The van der Waals surface area contributed by atoms with Crippen LogP contribution < -0.4 is 5.32 Å². The molecule has 4 heteroatoms. The highest BCUT2D eigenvalue weighted by Crippen LogP contribution is 2.31. The zero-order valence-electron chi connectivity index (χ0n) is 15.3. The van der Waals surface area contributed by atoms with E-state index < -0.39 is 0 Å². The third-order valence-corrected chi connectivity index (χ3v) is 5.96. The van der Waals surface area contributed by atoms with Crippen LogP contribution in [0.3, 0.4) is 0 Å². The summed E-state index contributed by atoms with van der Waals surface area (Å²) in [5.74, 6) is -0.175. The molecule has 1 atom stereocenters. The quantitative estimate of drug-likeness (QED) is 0.814. The Labute approximate surface area is 145 Å². The fraction of sp³-hybridized carbons (Fsp3) is 0.650. The van der Waals surface area contributed by atoms with Crippen LogP contribution in [0.1, 0.15) is 53.2 Å². The lowest BCUT2D eigenvalue weighted by molar-refractivity contribution is 0.0535. The van der Waals surface area contributed by atoms with Crippen LogP contribution in [0.2, 0.25) is 0 Å². The van der Waals surface area contributed by atoms with Gasteiger partial charge in [0.05, 0.1) is 5.56 Å². The normalized spacial score (nSPS) is 23.4. The largest absolute Gasteiger partial charge is 0.457 e. The van der Waals surface area contributed by atoms with Gasteiger partial charge in [0.15, 0.2) is 0 Å². The Morgan fingerprint density at radius 3 is 2.92 bits per heavy atom. The summed E-state index contributed by atoms with van der Waals surface area (Å²) in [4.78, 5) is 14.1. The zero-order chi connectivity index (χ0) is 17.2. The Kier molecular flexibility index (Phi) is 5.26. The van der Waals surface area contributed by atoms with Crippen molar-refractivity contribution in [1.29, 1.82) is 0 Å². The minimum absolute atomic E-state index is 0.175. The van der Waals surface area contributed by atoms with Gasteiger partial charge in [-0.1, -0.05) is 13.0 Å². The van der Waals surface area contributed by atoms with Gasteiger partial charge in [-0.2, -0.15) is 0 Å². The molecular formula is C20H30N2O2. The molecule has 1 N–H and O–H groups in total. The van der Waals surface area contributed by atoms with Gasteiger partial charge in [0.2, 0.25) is 0 Å². The summed E-state index contributed by atoms with van der Waals surface area (Å²) in [6.07, 6.45) is 4.89. The number of nitrogens with one attached hydrogen (secondary N) is 1. The molecule has 0 aromatic heterocycles. The van der Waals surface area contributed by atoms with Crippen molar-refractivity contribution < 1.29 is 9.53 Å². The standard InChI is InChI=1S/C20H30N2O2/c1-4-20(9-5-10-21-13-20)14-22(3)11-8-16-6-7-17-18(15(16)2)12-24-19(17)23/h6-7,21H,4-5,8-14H2,1-3H3. The molecule has 0 radical (unpaired) electrons. The number of carbonyl (C=O) groups excluding carboxylic acids is 1. The highest BCUT2D eigenvalue weighted by Gasteiger charge is 2.31. The van der Waals surface area contributed by atoms with Crippen LogP contribution in [0.4, 0.5) is 0 Å². The number of cyclic esters (lactones) is 1. The van der Waals surface area contributed by atoms with Crippen LogP contribution in [0.5, 0.6) is 0 Å². The number of benzene rings is 1. The Hall–Kier alpha value is -1.39. The monoisotopic (exact) mass is 330 g/mol. The predicted molar refractivity (Wildman–Crippen MR) is 96.3 cm³/mol. The van der Waals surface area contributed by atoms with Crippen molar-refractivity contribution in [1.82, 2.24) is 10.2 Å². The van der Waals surface area contributed by atoms with Crippen molar-refractivity contribution in [2.24, 2.45) is 5.41 Å². The fourth-order valence-corrected chi connectivity index (χ4v) is 4.21. The first-order valence-corrected chi connectivity index (χ1v) is 9.22. The van der Waals surface area contributed by atoms with Gasteiger partial charge in [0.25, 0.3) is 0 Å². The van der Waals surface area contributed by atoms with Crippen molar-refractivity contribution in [3.63, 3.8) is 0 Å². The van der Waals surface area contributed by atoms with E-state index in [0.717, 1.165) is 37.2 Å². The first kappa shape index (κ1) is 17.4. The van der Waals surface area contributed by atoms with Crippen LogP contribution in [-0.2, 0) is 17.8 Å². The molecule has 2 aliphatic heterocycles. The molecule has 24 heavy (non-hydrogen) atoms. The lowest BCUT2D eigenvalue weighted by Crippen LogP contribution is -2.46. The van der Waals surface area contributed by atoms with E-state index >= 15 is 0 Å². The SMILES string of the molecule is CCC1(CN(C)CCc2ccc3c(c2C)COC3=O)CCCNC1. The second kappa shape index (κ2) is 7.24. The van der Waals surface area contributed by atoms with E-state index in [9.17, 15) is 4.79 Å². The molecule has 2 heterocycles. The van der Waals surface area contributed by atoms with E-state index in [1.54, 1.807) is 0 Å². The first-order valence-electron chi connectivity index (χ1n) is 9.22. The second-order valence-electron chi connectivity index (χ2n) is 7.57. The number of fused-ring (bicyclic) bond motifs is 1. The number of hydrogen-bond acceptors (Lipinski definition) is 4. The van der Waals surface area contributed by atoms with Gasteiger partial charge in [-0.25, -0.2) is 4.79 Å². The molecule has 0 saturated carbocycles. The van der Waals surface area contributed by atoms with E-state index in [1.165, 1.54) is 36.9 Å². The van der Waals surface area contributed by atoms with E-state index in [1.807, 2.05) is 6.07 Å². The third kappa shape index (κ3) is 3.50. The molecule has 0 spiro atoms. The number of rotatable bonds is 6. The Morgan fingerprint density at radius 2 is 2.21 bits per heavy atom. The molecule has 0 bridgehead atoms. The first-order chi connectivity index (χ1) is 11.5. The summed E-state index contributed by atoms with van der Waals surface area (Å²) in [6.45, 7) is 9.40. The Balaban J connectivity index is 1.60. The van der Waals surface area contributed by atoms with Crippen LogP contribution in [0.15, 0.2) is 12.1 Å². The summed E-state index contributed by atoms with van der Waals surface area (Å²) in [6, 6.07) is 4.04. The van der Waals surface area contributed by atoms with Crippen molar-refractivity contribution in [3.8, 4) is 0 Å².